The first-order valence-corrected chi connectivity index (χ1v) is 7.82. The first kappa shape index (κ1) is 16.3. The second-order valence-corrected chi connectivity index (χ2v) is 5.69. The van der Waals surface area contributed by atoms with Gasteiger partial charge in [0.05, 0.1) is 12.5 Å². The van der Waals surface area contributed by atoms with Crippen molar-refractivity contribution in [2.75, 3.05) is 6.61 Å². The zero-order chi connectivity index (χ0) is 15.9. The molecule has 2 N–H and O–H groups in total. The number of carboxylic acids is 1. The molecule has 1 aromatic rings. The van der Waals surface area contributed by atoms with Crippen LogP contribution >= 0.6 is 0 Å². The molecule has 1 amide bonds. The second-order valence-electron chi connectivity index (χ2n) is 5.69. The van der Waals surface area contributed by atoms with Crippen LogP contribution in [-0.4, -0.2) is 23.6 Å². The third-order valence-electron chi connectivity index (χ3n) is 4.12. The maximum absolute atomic E-state index is 12.2. The molecule has 0 atom stereocenters. The minimum Gasteiger partial charge on any atom is -0.494 e. The molecule has 120 valence electrons. The summed E-state index contributed by atoms with van der Waals surface area (Å²) < 4.78 is 5.44. The number of rotatable bonds is 6. The number of carbonyl (C=O) groups excluding carboxylic acids is 1. The lowest BCUT2D eigenvalue weighted by Crippen LogP contribution is -2.34. The molecule has 0 spiro atoms. The number of carboxylic acid groups (broad SMARTS) is 1. The van der Waals surface area contributed by atoms with Crippen LogP contribution in [0.25, 0.3) is 0 Å². The summed E-state index contributed by atoms with van der Waals surface area (Å²) in [6.45, 7) is 3.02. The number of carbonyl (C=O) groups is 2. The lowest BCUT2D eigenvalue weighted by molar-refractivity contribution is -0.144. The molecular weight excluding hydrogens is 282 g/mol. The highest BCUT2D eigenvalue weighted by atomic mass is 16.5. The second kappa shape index (κ2) is 7.82. The fourth-order valence-corrected chi connectivity index (χ4v) is 2.85. The molecule has 1 aliphatic rings. The Bertz CT molecular complexity index is 521. The van der Waals surface area contributed by atoms with Crippen LogP contribution in [-0.2, 0) is 16.1 Å². The molecule has 0 saturated heterocycles. The van der Waals surface area contributed by atoms with Gasteiger partial charge in [-0.15, -0.1) is 0 Å². The van der Waals surface area contributed by atoms with Crippen molar-refractivity contribution >= 4 is 11.9 Å². The molecule has 1 fully saturated rings. The van der Waals surface area contributed by atoms with E-state index >= 15 is 0 Å². The van der Waals surface area contributed by atoms with Crippen LogP contribution in [0.4, 0.5) is 0 Å². The Morgan fingerprint density at radius 2 is 1.91 bits per heavy atom. The van der Waals surface area contributed by atoms with Gasteiger partial charge < -0.3 is 15.2 Å². The Morgan fingerprint density at radius 3 is 2.55 bits per heavy atom. The van der Waals surface area contributed by atoms with Gasteiger partial charge in [0.1, 0.15) is 5.75 Å². The van der Waals surface area contributed by atoms with Gasteiger partial charge in [0.2, 0.25) is 5.91 Å². The fourth-order valence-electron chi connectivity index (χ4n) is 2.85. The zero-order valence-electron chi connectivity index (χ0n) is 12.9. The number of nitrogens with one attached hydrogen (secondary N) is 1. The topological polar surface area (TPSA) is 75.6 Å². The number of benzene rings is 1. The summed E-state index contributed by atoms with van der Waals surface area (Å²) in [5.41, 5.74) is 0.999. The van der Waals surface area contributed by atoms with Gasteiger partial charge in [0, 0.05) is 12.5 Å². The van der Waals surface area contributed by atoms with Crippen molar-refractivity contribution in [3.8, 4) is 5.75 Å². The molecule has 1 saturated carbocycles. The predicted molar refractivity (Wildman–Crippen MR) is 82.5 cm³/mol. The Kier molecular flexibility index (Phi) is 5.81. The highest BCUT2D eigenvalue weighted by Crippen LogP contribution is 2.29. The Hall–Kier alpha value is -2.04. The summed E-state index contributed by atoms with van der Waals surface area (Å²) in [7, 11) is 0. The van der Waals surface area contributed by atoms with Crippen LogP contribution in [0.1, 0.15) is 38.2 Å². The summed E-state index contributed by atoms with van der Waals surface area (Å²) in [4.78, 5) is 23.1. The monoisotopic (exact) mass is 305 g/mol. The van der Waals surface area contributed by atoms with E-state index in [1.807, 2.05) is 31.2 Å². The SMILES string of the molecule is CCOc1cccc(CNC(=O)C2CCC(C(=O)O)CC2)c1. The van der Waals surface area contributed by atoms with Crippen LogP contribution in [0.15, 0.2) is 24.3 Å². The quantitative estimate of drug-likeness (QED) is 0.847. The van der Waals surface area contributed by atoms with E-state index in [2.05, 4.69) is 5.32 Å². The number of hydrogen-bond acceptors (Lipinski definition) is 3. The highest BCUT2D eigenvalue weighted by molar-refractivity contribution is 5.79. The zero-order valence-corrected chi connectivity index (χ0v) is 12.9. The van der Waals surface area contributed by atoms with E-state index in [4.69, 9.17) is 9.84 Å². The van der Waals surface area contributed by atoms with Crippen LogP contribution in [0, 0.1) is 11.8 Å². The highest BCUT2D eigenvalue weighted by Gasteiger charge is 2.29. The molecule has 0 aromatic heterocycles. The van der Waals surface area contributed by atoms with E-state index in [-0.39, 0.29) is 17.7 Å². The van der Waals surface area contributed by atoms with Gasteiger partial charge in [0.15, 0.2) is 0 Å². The standard InChI is InChI=1S/C17H23NO4/c1-2-22-15-5-3-4-12(10-15)11-18-16(19)13-6-8-14(9-7-13)17(20)21/h3-5,10,13-14H,2,6-9,11H2,1H3,(H,18,19)(H,20,21). The normalized spacial score (nSPS) is 21.1. The third-order valence-corrected chi connectivity index (χ3v) is 4.12. The van der Waals surface area contributed by atoms with Crippen molar-refractivity contribution in [3.63, 3.8) is 0 Å². The smallest absolute Gasteiger partial charge is 0.306 e. The van der Waals surface area contributed by atoms with Crippen molar-refractivity contribution in [3.05, 3.63) is 29.8 Å². The molecule has 1 aliphatic carbocycles. The fraction of sp³-hybridized carbons (Fsp3) is 0.529. The number of hydrogen-bond donors (Lipinski definition) is 2. The Balaban J connectivity index is 1.80. The van der Waals surface area contributed by atoms with Crippen LogP contribution in [0.5, 0.6) is 5.75 Å². The van der Waals surface area contributed by atoms with Crippen molar-refractivity contribution in [1.29, 1.82) is 0 Å². The minimum atomic E-state index is -0.744. The van der Waals surface area contributed by atoms with Gasteiger partial charge >= 0.3 is 5.97 Å². The van der Waals surface area contributed by atoms with Crippen LogP contribution in [0.2, 0.25) is 0 Å². The van der Waals surface area contributed by atoms with Crippen molar-refractivity contribution < 1.29 is 19.4 Å². The average molecular weight is 305 g/mol. The van der Waals surface area contributed by atoms with Gasteiger partial charge in [-0.2, -0.15) is 0 Å². The van der Waals surface area contributed by atoms with E-state index in [0.717, 1.165) is 11.3 Å². The molecule has 2 rings (SSSR count). The summed E-state index contributed by atoms with van der Waals surface area (Å²) in [5.74, 6) is -0.272. The van der Waals surface area contributed by atoms with E-state index in [0.29, 0.717) is 38.8 Å². The van der Waals surface area contributed by atoms with Crippen molar-refractivity contribution in [2.45, 2.75) is 39.2 Å². The van der Waals surface area contributed by atoms with E-state index in [1.54, 1.807) is 0 Å². The molecule has 5 heteroatoms. The maximum Gasteiger partial charge on any atom is 0.306 e. The molecule has 5 nitrogen and oxygen atoms in total. The van der Waals surface area contributed by atoms with Crippen molar-refractivity contribution in [1.82, 2.24) is 5.32 Å². The summed E-state index contributed by atoms with van der Waals surface area (Å²) in [6.07, 6.45) is 2.49. The van der Waals surface area contributed by atoms with Gasteiger partial charge in [0.25, 0.3) is 0 Å². The average Bonchev–Trinajstić information content (AvgIpc) is 2.53. The van der Waals surface area contributed by atoms with Gasteiger partial charge in [-0.05, 0) is 50.3 Å². The predicted octanol–water partition coefficient (Wildman–Crippen LogP) is 2.59. The van der Waals surface area contributed by atoms with Gasteiger partial charge in [-0.3, -0.25) is 9.59 Å². The number of amides is 1. The number of aliphatic carboxylic acids is 1. The van der Waals surface area contributed by atoms with Crippen LogP contribution < -0.4 is 10.1 Å². The van der Waals surface area contributed by atoms with Crippen molar-refractivity contribution in [2.24, 2.45) is 11.8 Å². The van der Waals surface area contributed by atoms with Crippen LogP contribution in [0.3, 0.4) is 0 Å². The lowest BCUT2D eigenvalue weighted by Gasteiger charge is -2.25. The summed E-state index contributed by atoms with van der Waals surface area (Å²) in [6, 6.07) is 7.67. The summed E-state index contributed by atoms with van der Waals surface area (Å²) >= 11 is 0. The Labute approximate surface area is 130 Å². The Morgan fingerprint density at radius 1 is 1.23 bits per heavy atom. The molecular formula is C17H23NO4. The molecule has 0 unspecified atom stereocenters. The first-order valence-electron chi connectivity index (χ1n) is 7.82. The lowest BCUT2D eigenvalue weighted by atomic mass is 9.81. The minimum absolute atomic E-state index is 0.0191. The third kappa shape index (κ3) is 4.48. The molecule has 1 aromatic carbocycles. The number of ether oxygens (including phenoxy) is 1. The maximum atomic E-state index is 12.2. The summed E-state index contributed by atoms with van der Waals surface area (Å²) in [5, 5.41) is 11.9. The van der Waals surface area contributed by atoms with Gasteiger partial charge in [-0.25, -0.2) is 0 Å². The molecule has 0 aliphatic heterocycles. The molecule has 0 heterocycles. The first-order chi connectivity index (χ1) is 10.6. The molecule has 0 bridgehead atoms. The van der Waals surface area contributed by atoms with E-state index < -0.39 is 5.97 Å². The largest absolute Gasteiger partial charge is 0.494 e. The molecule has 0 radical (unpaired) electrons. The molecule has 22 heavy (non-hydrogen) atoms. The van der Waals surface area contributed by atoms with Gasteiger partial charge in [-0.1, -0.05) is 12.1 Å². The van der Waals surface area contributed by atoms with E-state index in [9.17, 15) is 9.59 Å². The van der Waals surface area contributed by atoms with E-state index in [1.165, 1.54) is 0 Å².